The number of carbonyl (C=O) groups excluding carboxylic acids is 1. The number of nitrogens with one attached hydrogen (secondary N) is 2. The number of carbonyl (C=O) groups is 1. The van der Waals surface area contributed by atoms with Crippen molar-refractivity contribution in [2.75, 3.05) is 29.9 Å². The summed E-state index contributed by atoms with van der Waals surface area (Å²) in [6, 6.07) is 10.9. The zero-order valence-electron chi connectivity index (χ0n) is 24.4. The number of rotatable bonds is 5. The lowest BCUT2D eigenvalue weighted by Crippen LogP contribution is -2.40. The highest BCUT2D eigenvalue weighted by Gasteiger charge is 2.62. The topological polar surface area (TPSA) is 97.2 Å². The van der Waals surface area contributed by atoms with Crippen molar-refractivity contribution < 1.29 is 22.7 Å². The second-order valence-corrected chi connectivity index (χ2v) is 13.9. The van der Waals surface area contributed by atoms with Gasteiger partial charge < -0.3 is 15.0 Å². The summed E-state index contributed by atoms with van der Waals surface area (Å²) in [6.07, 6.45) is -0.481. The van der Waals surface area contributed by atoms with E-state index >= 15 is 0 Å². The molecule has 2 aliphatic heterocycles. The third kappa shape index (κ3) is 5.96. The minimum absolute atomic E-state index is 0.0688. The molecule has 9 nitrogen and oxygen atoms in total. The number of hydrogen-bond acceptors (Lipinski definition) is 7. The number of alkyl halides is 3. The van der Waals surface area contributed by atoms with Gasteiger partial charge in [-0.15, -0.1) is 5.10 Å². The van der Waals surface area contributed by atoms with Crippen LogP contribution in [0.3, 0.4) is 0 Å². The average molecular weight is 616 g/mol. The first-order valence-corrected chi connectivity index (χ1v) is 15.9. The molecule has 6 rings (SSSR count). The first kappa shape index (κ1) is 29.5. The largest absolute Gasteiger partial charge is 0.477 e. The number of halogens is 3. The van der Waals surface area contributed by atoms with Gasteiger partial charge in [-0.3, -0.25) is 9.52 Å². The molecule has 0 aromatic carbocycles. The molecule has 3 aromatic heterocycles. The third-order valence-electron chi connectivity index (χ3n) is 8.65. The summed E-state index contributed by atoms with van der Waals surface area (Å²) in [7, 11) is -0.731. The van der Waals surface area contributed by atoms with Gasteiger partial charge in [0.25, 0.3) is 5.91 Å². The molecule has 3 aromatic rings. The predicted octanol–water partition coefficient (Wildman–Crippen LogP) is 5.99. The summed E-state index contributed by atoms with van der Waals surface area (Å²) >= 11 is 0. The molecule has 0 spiro atoms. The summed E-state index contributed by atoms with van der Waals surface area (Å²) in [5.74, 6) is 2.18. The highest BCUT2D eigenvalue weighted by molar-refractivity contribution is 8.13. The van der Waals surface area contributed by atoms with Crippen LogP contribution in [0.25, 0.3) is 5.82 Å². The molecule has 1 saturated heterocycles. The Bertz CT molecular complexity index is 1550. The molecule has 2 N–H and O–H groups in total. The normalized spacial score (nSPS) is 22.7. The number of pyridine rings is 2. The molecule has 43 heavy (non-hydrogen) atoms. The molecule has 1 amide bonds. The van der Waals surface area contributed by atoms with E-state index in [0.29, 0.717) is 23.1 Å². The van der Waals surface area contributed by atoms with Crippen LogP contribution in [0.1, 0.15) is 63.2 Å². The Kier molecular flexibility index (Phi) is 7.64. The van der Waals surface area contributed by atoms with E-state index in [0.717, 1.165) is 36.8 Å². The van der Waals surface area contributed by atoms with Gasteiger partial charge in [-0.05, 0) is 99.1 Å². The van der Waals surface area contributed by atoms with Gasteiger partial charge in [-0.25, -0.2) is 14.6 Å². The highest BCUT2D eigenvalue weighted by atomic mass is 32.2. The Labute approximate surface area is 251 Å². The Morgan fingerprint density at radius 2 is 1.98 bits per heavy atom. The number of fused-ring (bicyclic) bond motifs is 6. The zero-order valence-corrected chi connectivity index (χ0v) is 25.3. The lowest BCUT2D eigenvalue weighted by Gasteiger charge is -2.34. The zero-order chi connectivity index (χ0) is 30.4. The first-order valence-electron chi connectivity index (χ1n) is 14.6. The molecule has 13 heteroatoms. The van der Waals surface area contributed by atoms with Crippen LogP contribution in [0.5, 0.6) is 5.88 Å². The van der Waals surface area contributed by atoms with Crippen molar-refractivity contribution in [1.29, 1.82) is 0 Å². The molecule has 0 radical (unpaired) electrons. The fourth-order valence-corrected chi connectivity index (χ4v) is 7.21. The number of anilines is 2. The van der Waals surface area contributed by atoms with Gasteiger partial charge in [-0.2, -0.15) is 13.2 Å². The molecule has 5 heterocycles. The summed E-state index contributed by atoms with van der Waals surface area (Å²) in [5, 5.41) is 10.6. The molecule has 2 atom stereocenters. The van der Waals surface area contributed by atoms with E-state index in [4.69, 9.17) is 14.7 Å². The third-order valence-corrected chi connectivity index (χ3v) is 10.2. The molecule has 4 bridgehead atoms. The minimum atomic E-state index is -4.21. The fourth-order valence-electron chi connectivity index (χ4n) is 6.02. The van der Waals surface area contributed by atoms with Crippen molar-refractivity contribution in [2.45, 2.75) is 69.6 Å². The van der Waals surface area contributed by atoms with Crippen molar-refractivity contribution in [2.24, 2.45) is 11.3 Å². The van der Waals surface area contributed by atoms with E-state index in [1.54, 1.807) is 24.4 Å². The van der Waals surface area contributed by atoms with Crippen molar-refractivity contribution in [3.8, 4) is 11.7 Å². The van der Waals surface area contributed by atoms with Crippen LogP contribution < -0.4 is 19.7 Å². The Balaban J connectivity index is 1.29. The number of nitrogens with zero attached hydrogens (tertiary/aromatic N) is 5. The average Bonchev–Trinajstić information content (AvgIpc) is 3.52. The summed E-state index contributed by atoms with van der Waals surface area (Å²) in [6.45, 7) is 7.67. The molecular weight excluding hydrogens is 579 g/mol. The quantitative estimate of drug-likeness (QED) is 0.341. The SMILES string of the molecule is C/C=S1/NC(=O)c2ccc(-n3ccc(OCCC4(C(F)(F)F)CC4)n3)nc2N2CC(CCNc3cccc1n3)CC2(C)C. The van der Waals surface area contributed by atoms with E-state index in [2.05, 4.69) is 33.9 Å². The molecule has 3 aliphatic rings. The predicted molar refractivity (Wildman–Crippen MR) is 161 cm³/mol. The van der Waals surface area contributed by atoms with Gasteiger partial charge in [0.1, 0.15) is 16.7 Å². The maximum Gasteiger partial charge on any atom is 0.394 e. The van der Waals surface area contributed by atoms with Gasteiger partial charge in [0, 0.05) is 30.9 Å². The van der Waals surface area contributed by atoms with Crippen molar-refractivity contribution >= 4 is 33.6 Å². The number of ether oxygens (including phenoxy) is 1. The van der Waals surface area contributed by atoms with Crippen LogP contribution in [0.2, 0.25) is 0 Å². The fraction of sp³-hybridized carbons (Fsp3) is 0.500. The standard InChI is InChI=1S/C30H36F3N7O2S/c1-4-43-25-7-5-6-22(35-25)34-15-10-20-18-28(2,3)39(19-20)26-21(27(41)38-43)8-9-23(36-26)40-16-11-24(37-40)42-17-14-29(12-13-29)30(31,32)33/h4-9,11,16,20H,10,12-15,17-19H2,1-3H3,(H,34,35)(H,38,41). The van der Waals surface area contributed by atoms with Gasteiger partial charge in [-0.1, -0.05) is 6.07 Å². The van der Waals surface area contributed by atoms with E-state index in [1.165, 1.54) is 4.68 Å². The summed E-state index contributed by atoms with van der Waals surface area (Å²) < 4.78 is 50.1. The second kappa shape index (κ2) is 11.1. The molecule has 230 valence electrons. The van der Waals surface area contributed by atoms with Gasteiger partial charge >= 0.3 is 6.18 Å². The maximum atomic E-state index is 13.8. The summed E-state index contributed by atoms with van der Waals surface area (Å²) in [4.78, 5) is 25.7. The van der Waals surface area contributed by atoms with Crippen LogP contribution in [-0.4, -0.2) is 62.4 Å². The van der Waals surface area contributed by atoms with E-state index in [-0.39, 0.29) is 43.2 Å². The van der Waals surface area contributed by atoms with Gasteiger partial charge in [0.05, 0.1) is 17.6 Å². The van der Waals surface area contributed by atoms with E-state index in [9.17, 15) is 18.0 Å². The molecule has 1 saturated carbocycles. The smallest absolute Gasteiger partial charge is 0.394 e. The monoisotopic (exact) mass is 615 g/mol. The minimum Gasteiger partial charge on any atom is -0.477 e. The molecule has 1 aliphatic carbocycles. The Morgan fingerprint density at radius 3 is 2.72 bits per heavy atom. The van der Waals surface area contributed by atoms with Crippen LogP contribution in [-0.2, 0) is 0 Å². The summed E-state index contributed by atoms with van der Waals surface area (Å²) in [5.41, 5.74) is -1.42. The van der Waals surface area contributed by atoms with E-state index in [1.807, 2.05) is 30.5 Å². The number of hydrogen-bond donors (Lipinski definition) is 2. The highest BCUT2D eigenvalue weighted by Crippen LogP contribution is 2.59. The van der Waals surface area contributed by atoms with Crippen LogP contribution >= 0.6 is 10.7 Å². The Hall–Kier alpha value is -3.61. The van der Waals surface area contributed by atoms with Crippen LogP contribution in [0.4, 0.5) is 24.8 Å². The first-order chi connectivity index (χ1) is 20.5. The maximum absolute atomic E-state index is 13.8. The van der Waals surface area contributed by atoms with Crippen molar-refractivity contribution in [1.82, 2.24) is 24.5 Å². The number of amides is 1. The van der Waals surface area contributed by atoms with Crippen molar-refractivity contribution in [3.05, 3.63) is 48.2 Å². The van der Waals surface area contributed by atoms with Crippen molar-refractivity contribution in [3.63, 3.8) is 0 Å². The molecule has 2 fully saturated rings. The number of aromatic nitrogens is 4. The second-order valence-electron chi connectivity index (χ2n) is 12.1. The lowest BCUT2D eigenvalue weighted by atomic mass is 9.94. The van der Waals surface area contributed by atoms with Crippen LogP contribution in [0, 0.1) is 11.3 Å². The lowest BCUT2D eigenvalue weighted by molar-refractivity contribution is -0.190. The van der Waals surface area contributed by atoms with Gasteiger partial charge in [0.15, 0.2) is 5.82 Å². The Morgan fingerprint density at radius 1 is 1.16 bits per heavy atom. The molecular formula is C30H36F3N7O2S. The molecule has 2 unspecified atom stereocenters. The van der Waals surface area contributed by atoms with E-state index < -0.39 is 22.3 Å². The van der Waals surface area contributed by atoms with Gasteiger partial charge in [0.2, 0.25) is 5.88 Å². The van der Waals surface area contributed by atoms with Crippen LogP contribution in [0.15, 0.2) is 47.6 Å².